The van der Waals surface area contributed by atoms with Crippen molar-refractivity contribution in [3.63, 3.8) is 0 Å². The lowest BCUT2D eigenvalue weighted by atomic mass is 10.1. The quantitative estimate of drug-likeness (QED) is 0.231. The molecule has 0 aliphatic heterocycles. The van der Waals surface area contributed by atoms with Crippen LogP contribution in [0.15, 0.2) is 82.8 Å². The molecule has 166 valence electrons. The summed E-state index contributed by atoms with van der Waals surface area (Å²) in [6.45, 7) is 0. The molecule has 4 N–H and O–H groups in total. The van der Waals surface area contributed by atoms with Gasteiger partial charge >= 0.3 is 0 Å². The van der Waals surface area contributed by atoms with E-state index in [1.54, 1.807) is 24.3 Å². The van der Waals surface area contributed by atoms with Crippen LogP contribution in [0.1, 0.15) is 11.1 Å². The summed E-state index contributed by atoms with van der Waals surface area (Å²) in [6, 6.07) is 18.3. The highest BCUT2D eigenvalue weighted by Gasteiger charge is 2.07. The van der Waals surface area contributed by atoms with E-state index < -0.39 is 9.85 Å². The molecule has 0 spiro atoms. The molecule has 0 saturated carbocycles. The Morgan fingerprint density at radius 3 is 1.12 bits per heavy atom. The average Bonchev–Trinajstić information content (AvgIpc) is 2.74. The molecule has 3 aromatic carbocycles. The average molecular weight is 477 g/mol. The van der Waals surface area contributed by atoms with Crippen molar-refractivity contribution in [2.45, 2.75) is 0 Å². The first kappa shape index (κ1) is 26.0. The van der Waals surface area contributed by atoms with Gasteiger partial charge < -0.3 is 11.5 Å². The predicted molar refractivity (Wildman–Crippen MR) is 128 cm³/mol. The molecule has 12 heteroatoms. The van der Waals surface area contributed by atoms with Crippen LogP contribution in [0.4, 0.5) is 22.7 Å². The standard InChI is InChI=1S/C20H16N6O4.2ClH/c21-19(23-15-5-9-17(10-6-15)25(27)28)13-1-2-14(4-3-13)20(22)24-16-7-11-18(12-8-16)26(29)30;;/h1-12H,(H2,21,23)(H2,22,24);2*1H. The second kappa shape index (κ2) is 11.4. The van der Waals surface area contributed by atoms with Crippen LogP contribution >= 0.6 is 24.8 Å². The van der Waals surface area contributed by atoms with Crippen LogP contribution in [0.25, 0.3) is 0 Å². The highest BCUT2D eigenvalue weighted by Crippen LogP contribution is 2.20. The fraction of sp³-hybridized carbons (Fsp3) is 0. The molecule has 0 aromatic heterocycles. The zero-order chi connectivity index (χ0) is 21.7. The van der Waals surface area contributed by atoms with E-state index in [0.29, 0.717) is 22.5 Å². The minimum atomic E-state index is -0.488. The van der Waals surface area contributed by atoms with Crippen molar-refractivity contribution in [2.75, 3.05) is 0 Å². The van der Waals surface area contributed by atoms with Gasteiger partial charge in [0.25, 0.3) is 11.4 Å². The molecule has 0 atom stereocenters. The molecule has 10 nitrogen and oxygen atoms in total. The predicted octanol–water partition coefficient (Wildman–Crippen LogP) is 4.42. The molecule has 0 heterocycles. The normalized spacial score (nSPS) is 11.1. The van der Waals surface area contributed by atoms with E-state index in [0.717, 1.165) is 0 Å². The molecule has 0 aliphatic carbocycles. The Balaban J connectivity index is 0.00000256. The van der Waals surface area contributed by atoms with Crippen LogP contribution in [-0.2, 0) is 0 Å². The number of hydrogen-bond acceptors (Lipinski definition) is 6. The first-order chi connectivity index (χ1) is 14.3. The number of benzene rings is 3. The number of halogens is 2. The van der Waals surface area contributed by atoms with E-state index in [-0.39, 0.29) is 47.9 Å². The zero-order valence-corrected chi connectivity index (χ0v) is 18.0. The van der Waals surface area contributed by atoms with Gasteiger partial charge in [0.05, 0.1) is 21.2 Å². The van der Waals surface area contributed by atoms with Gasteiger partial charge in [-0.3, -0.25) is 20.2 Å². The van der Waals surface area contributed by atoms with Gasteiger partial charge in [0, 0.05) is 35.4 Å². The monoisotopic (exact) mass is 476 g/mol. The number of amidine groups is 2. The second-order valence-electron chi connectivity index (χ2n) is 6.12. The Morgan fingerprint density at radius 2 is 0.875 bits per heavy atom. The molecule has 3 rings (SSSR count). The molecule has 0 amide bonds. The Bertz CT molecular complexity index is 1060. The molecule has 0 aliphatic rings. The molecule has 0 unspecified atom stereocenters. The van der Waals surface area contributed by atoms with Crippen molar-refractivity contribution in [1.29, 1.82) is 0 Å². The van der Waals surface area contributed by atoms with Gasteiger partial charge in [0.2, 0.25) is 0 Å². The maximum absolute atomic E-state index is 10.7. The minimum Gasteiger partial charge on any atom is -0.383 e. The van der Waals surface area contributed by atoms with Crippen molar-refractivity contribution in [1.82, 2.24) is 0 Å². The first-order valence-corrected chi connectivity index (χ1v) is 8.61. The Hall–Kier alpha value is -4.02. The largest absolute Gasteiger partial charge is 0.383 e. The molecule has 0 saturated heterocycles. The fourth-order valence-corrected chi connectivity index (χ4v) is 2.52. The van der Waals surface area contributed by atoms with Crippen LogP contribution in [0.5, 0.6) is 0 Å². The van der Waals surface area contributed by atoms with Crippen LogP contribution in [0, 0.1) is 20.2 Å². The lowest BCUT2D eigenvalue weighted by Gasteiger charge is -2.05. The van der Waals surface area contributed by atoms with E-state index >= 15 is 0 Å². The molecule has 3 aromatic rings. The summed E-state index contributed by atoms with van der Waals surface area (Å²) >= 11 is 0. The Labute approximate surface area is 194 Å². The highest BCUT2D eigenvalue weighted by atomic mass is 35.5. The van der Waals surface area contributed by atoms with Crippen LogP contribution in [-0.4, -0.2) is 21.5 Å². The number of nitro groups is 2. The van der Waals surface area contributed by atoms with Crippen LogP contribution in [0.3, 0.4) is 0 Å². The summed E-state index contributed by atoms with van der Waals surface area (Å²) in [6.07, 6.45) is 0. The lowest BCUT2D eigenvalue weighted by molar-refractivity contribution is -0.385. The lowest BCUT2D eigenvalue weighted by Crippen LogP contribution is -2.15. The number of aliphatic imine (C=N–C) groups is 2. The van der Waals surface area contributed by atoms with Gasteiger partial charge in [-0.15, -0.1) is 24.8 Å². The van der Waals surface area contributed by atoms with Gasteiger partial charge in [0.15, 0.2) is 0 Å². The third-order valence-electron chi connectivity index (χ3n) is 4.10. The van der Waals surface area contributed by atoms with Gasteiger partial charge in [-0.25, -0.2) is 9.98 Å². The molecular formula is C20H18Cl2N6O4. The van der Waals surface area contributed by atoms with Crippen LogP contribution < -0.4 is 11.5 Å². The maximum Gasteiger partial charge on any atom is 0.269 e. The summed E-state index contributed by atoms with van der Waals surface area (Å²) in [5.41, 5.74) is 14.2. The van der Waals surface area contributed by atoms with E-state index in [1.165, 1.54) is 48.5 Å². The zero-order valence-electron chi connectivity index (χ0n) is 16.3. The van der Waals surface area contributed by atoms with Gasteiger partial charge in [-0.05, 0) is 24.3 Å². The van der Waals surface area contributed by atoms with E-state index in [2.05, 4.69) is 9.98 Å². The molecule has 0 bridgehead atoms. The molecule has 0 fully saturated rings. The smallest absolute Gasteiger partial charge is 0.269 e. The van der Waals surface area contributed by atoms with Gasteiger partial charge in [-0.1, -0.05) is 24.3 Å². The van der Waals surface area contributed by atoms with E-state index in [4.69, 9.17) is 11.5 Å². The van der Waals surface area contributed by atoms with Gasteiger partial charge in [0.1, 0.15) is 11.7 Å². The van der Waals surface area contributed by atoms with Crippen LogP contribution in [0.2, 0.25) is 0 Å². The summed E-state index contributed by atoms with van der Waals surface area (Å²) in [7, 11) is 0. The van der Waals surface area contributed by atoms with Crippen molar-refractivity contribution in [3.05, 3.63) is 104 Å². The Kier molecular flexibility index (Phi) is 9.26. The topological polar surface area (TPSA) is 163 Å². The van der Waals surface area contributed by atoms with Gasteiger partial charge in [-0.2, -0.15) is 0 Å². The Morgan fingerprint density at radius 1 is 0.594 bits per heavy atom. The first-order valence-electron chi connectivity index (χ1n) is 8.61. The second-order valence-corrected chi connectivity index (χ2v) is 6.12. The third-order valence-corrected chi connectivity index (χ3v) is 4.10. The minimum absolute atomic E-state index is 0. The molecule has 0 radical (unpaired) electrons. The summed E-state index contributed by atoms with van der Waals surface area (Å²) < 4.78 is 0. The molecular weight excluding hydrogens is 459 g/mol. The summed E-state index contributed by atoms with van der Waals surface area (Å²) in [5, 5.41) is 21.4. The summed E-state index contributed by atoms with van der Waals surface area (Å²) in [5.74, 6) is 0.475. The van der Waals surface area contributed by atoms with E-state index in [9.17, 15) is 20.2 Å². The molecule has 32 heavy (non-hydrogen) atoms. The number of rotatable bonds is 6. The van der Waals surface area contributed by atoms with Crippen molar-refractivity contribution in [3.8, 4) is 0 Å². The third kappa shape index (κ3) is 6.49. The van der Waals surface area contributed by atoms with Crippen molar-refractivity contribution < 1.29 is 9.85 Å². The summed E-state index contributed by atoms with van der Waals surface area (Å²) in [4.78, 5) is 28.9. The van der Waals surface area contributed by atoms with E-state index in [1.807, 2.05) is 0 Å². The maximum atomic E-state index is 10.7. The van der Waals surface area contributed by atoms with Crippen molar-refractivity contribution in [2.24, 2.45) is 21.5 Å². The number of nitro benzene ring substituents is 2. The number of nitrogens with zero attached hydrogens (tertiary/aromatic N) is 4. The number of non-ortho nitro benzene ring substituents is 2. The van der Waals surface area contributed by atoms with Crippen molar-refractivity contribution >= 4 is 59.2 Å². The number of nitrogens with two attached hydrogens (primary N) is 2. The SMILES string of the molecule is Cl.Cl.NC(=Nc1ccc([N+](=O)[O-])cc1)c1ccc(C(N)=Nc2ccc([N+](=O)[O-])cc2)cc1. The fourth-order valence-electron chi connectivity index (χ4n) is 2.52. The highest BCUT2D eigenvalue weighted by molar-refractivity contribution is 6.02. The number of hydrogen-bond donors (Lipinski definition) is 2.